The summed E-state index contributed by atoms with van der Waals surface area (Å²) < 4.78 is 11.8. The molecule has 0 bridgehead atoms. The summed E-state index contributed by atoms with van der Waals surface area (Å²) in [4.78, 5) is 0. The van der Waals surface area contributed by atoms with Crippen LogP contribution < -0.4 is 0 Å². The molecule has 0 aromatic carbocycles. The summed E-state index contributed by atoms with van der Waals surface area (Å²) in [5, 5.41) is 0. The molecule has 0 rings (SSSR count). The zero-order valence-corrected chi connectivity index (χ0v) is 9.77. The Morgan fingerprint density at radius 3 is 2.08 bits per heavy atom. The van der Waals surface area contributed by atoms with Gasteiger partial charge >= 0.3 is 0 Å². The van der Waals surface area contributed by atoms with Crippen molar-refractivity contribution in [3.8, 4) is 0 Å². The summed E-state index contributed by atoms with van der Waals surface area (Å²) >= 11 is 0. The highest BCUT2D eigenvalue weighted by Crippen LogP contribution is 2.44. The maximum atomic E-state index is 11.8. The first-order chi connectivity index (χ1) is 5.33. The standard InChI is InChI=1S/C10H21OP/c1-9(2)6-7-12(5,11)8-10(3)4/h6-7,9-10H,8H2,1-5H3/b7-6+. The average Bonchev–Trinajstić information content (AvgIpc) is 1.81. The van der Waals surface area contributed by atoms with Crippen molar-refractivity contribution in [2.75, 3.05) is 12.8 Å². The minimum Gasteiger partial charge on any atom is -0.320 e. The summed E-state index contributed by atoms with van der Waals surface area (Å²) in [6.45, 7) is 10.3. The molecule has 0 N–H and O–H groups in total. The van der Waals surface area contributed by atoms with Crippen molar-refractivity contribution in [2.24, 2.45) is 11.8 Å². The summed E-state index contributed by atoms with van der Waals surface area (Å²) in [6.07, 6.45) is 2.87. The average molecular weight is 188 g/mol. The topological polar surface area (TPSA) is 17.1 Å². The summed E-state index contributed by atoms with van der Waals surface area (Å²) in [6, 6.07) is 0. The van der Waals surface area contributed by atoms with Crippen LogP contribution in [0.1, 0.15) is 27.7 Å². The van der Waals surface area contributed by atoms with E-state index in [1.807, 2.05) is 18.6 Å². The molecule has 0 aliphatic rings. The summed E-state index contributed by atoms with van der Waals surface area (Å²) in [5.41, 5.74) is 0. The van der Waals surface area contributed by atoms with E-state index in [1.54, 1.807) is 0 Å². The van der Waals surface area contributed by atoms with Crippen molar-refractivity contribution in [1.29, 1.82) is 0 Å². The van der Waals surface area contributed by atoms with Crippen LogP contribution in [0.5, 0.6) is 0 Å². The largest absolute Gasteiger partial charge is 0.320 e. The van der Waals surface area contributed by atoms with Gasteiger partial charge in [0.05, 0.1) is 0 Å². The molecule has 0 radical (unpaired) electrons. The normalized spacial score (nSPS) is 17.6. The molecule has 0 fully saturated rings. The van der Waals surface area contributed by atoms with Gasteiger partial charge in [-0.2, -0.15) is 0 Å². The Morgan fingerprint density at radius 1 is 1.25 bits per heavy atom. The predicted octanol–water partition coefficient (Wildman–Crippen LogP) is 3.81. The lowest BCUT2D eigenvalue weighted by atomic mass is 10.2. The van der Waals surface area contributed by atoms with Gasteiger partial charge in [0.1, 0.15) is 7.14 Å². The van der Waals surface area contributed by atoms with Gasteiger partial charge in [0, 0.05) is 6.16 Å². The van der Waals surface area contributed by atoms with Crippen LogP contribution in [0, 0.1) is 11.8 Å². The van der Waals surface area contributed by atoms with Crippen LogP contribution in [0.25, 0.3) is 0 Å². The second kappa shape index (κ2) is 4.87. The molecule has 0 amide bonds. The highest BCUT2D eigenvalue weighted by molar-refractivity contribution is 7.66. The van der Waals surface area contributed by atoms with E-state index in [4.69, 9.17) is 0 Å². The molecule has 1 atom stereocenters. The smallest absolute Gasteiger partial charge is 0.105 e. The van der Waals surface area contributed by atoms with Gasteiger partial charge < -0.3 is 4.57 Å². The number of rotatable bonds is 4. The zero-order chi connectivity index (χ0) is 9.78. The highest BCUT2D eigenvalue weighted by Gasteiger charge is 2.12. The van der Waals surface area contributed by atoms with Gasteiger partial charge in [-0.3, -0.25) is 0 Å². The third-order valence-corrected chi connectivity index (χ3v) is 3.77. The molecule has 12 heavy (non-hydrogen) atoms. The molecule has 0 saturated heterocycles. The van der Waals surface area contributed by atoms with Crippen molar-refractivity contribution in [1.82, 2.24) is 0 Å². The molecule has 1 unspecified atom stereocenters. The molecule has 0 aromatic rings. The molecule has 0 saturated carbocycles. The van der Waals surface area contributed by atoms with Crippen LogP contribution in [0.15, 0.2) is 11.9 Å². The Kier molecular flexibility index (Phi) is 4.85. The predicted molar refractivity (Wildman–Crippen MR) is 57.2 cm³/mol. The third kappa shape index (κ3) is 6.67. The molecular weight excluding hydrogens is 167 g/mol. The first kappa shape index (κ1) is 12.0. The van der Waals surface area contributed by atoms with Crippen molar-refractivity contribution >= 4 is 7.14 Å². The second-order valence-electron chi connectivity index (χ2n) is 4.34. The molecule has 72 valence electrons. The quantitative estimate of drug-likeness (QED) is 0.613. The maximum absolute atomic E-state index is 11.8. The molecule has 2 heteroatoms. The molecule has 0 spiro atoms. The van der Waals surface area contributed by atoms with Crippen LogP contribution in [0.2, 0.25) is 0 Å². The Morgan fingerprint density at radius 2 is 1.75 bits per heavy atom. The van der Waals surface area contributed by atoms with Crippen molar-refractivity contribution in [2.45, 2.75) is 27.7 Å². The molecule has 0 aliphatic carbocycles. The van der Waals surface area contributed by atoms with Gasteiger partial charge in [-0.1, -0.05) is 33.8 Å². The second-order valence-corrected chi connectivity index (χ2v) is 7.35. The van der Waals surface area contributed by atoms with Gasteiger partial charge in [0.15, 0.2) is 0 Å². The first-order valence-corrected chi connectivity index (χ1v) is 7.00. The van der Waals surface area contributed by atoms with E-state index >= 15 is 0 Å². The lowest BCUT2D eigenvalue weighted by molar-refractivity contribution is 0.575. The lowest BCUT2D eigenvalue weighted by Crippen LogP contribution is -1.95. The molecule has 0 heterocycles. The number of hydrogen-bond donors (Lipinski definition) is 0. The van der Waals surface area contributed by atoms with Crippen molar-refractivity contribution < 1.29 is 4.57 Å². The van der Waals surface area contributed by atoms with Gasteiger partial charge in [-0.05, 0) is 24.3 Å². The molecule has 0 aliphatic heterocycles. The lowest BCUT2D eigenvalue weighted by Gasteiger charge is -2.10. The fraction of sp³-hybridized carbons (Fsp3) is 0.800. The monoisotopic (exact) mass is 188 g/mol. The fourth-order valence-corrected chi connectivity index (χ4v) is 3.42. The molecule has 1 nitrogen and oxygen atoms in total. The van der Waals surface area contributed by atoms with E-state index in [9.17, 15) is 4.57 Å². The van der Waals surface area contributed by atoms with Gasteiger partial charge in [-0.25, -0.2) is 0 Å². The minimum atomic E-state index is -1.98. The Bertz CT molecular complexity index is 192. The van der Waals surface area contributed by atoms with Gasteiger partial charge in [-0.15, -0.1) is 0 Å². The van der Waals surface area contributed by atoms with E-state index in [1.165, 1.54) is 0 Å². The van der Waals surface area contributed by atoms with Crippen LogP contribution in [-0.2, 0) is 4.57 Å². The SMILES string of the molecule is CC(C)/C=C/P(C)(=O)CC(C)C. The maximum Gasteiger partial charge on any atom is 0.105 e. The van der Waals surface area contributed by atoms with Gasteiger partial charge in [0.2, 0.25) is 0 Å². The Labute approximate surface area is 76.6 Å². The molecular formula is C10H21OP. The third-order valence-electron chi connectivity index (χ3n) is 1.51. The summed E-state index contributed by atoms with van der Waals surface area (Å²) in [7, 11) is -1.98. The van der Waals surface area contributed by atoms with Crippen molar-refractivity contribution in [3.63, 3.8) is 0 Å². The zero-order valence-electron chi connectivity index (χ0n) is 8.87. The van der Waals surface area contributed by atoms with Crippen molar-refractivity contribution in [3.05, 3.63) is 11.9 Å². The fourth-order valence-electron chi connectivity index (χ4n) is 1.14. The number of allylic oxidation sites excluding steroid dienone is 1. The van der Waals surface area contributed by atoms with Crippen LogP contribution >= 0.6 is 7.14 Å². The van der Waals surface area contributed by atoms with E-state index in [0.29, 0.717) is 11.8 Å². The Balaban J connectivity index is 4.13. The van der Waals surface area contributed by atoms with Gasteiger partial charge in [0.25, 0.3) is 0 Å². The minimum absolute atomic E-state index is 0.505. The van der Waals surface area contributed by atoms with Crippen LogP contribution in [0.3, 0.4) is 0 Å². The first-order valence-electron chi connectivity index (χ1n) is 4.59. The number of hydrogen-bond acceptors (Lipinski definition) is 1. The van der Waals surface area contributed by atoms with Crippen LogP contribution in [-0.4, -0.2) is 12.8 Å². The van der Waals surface area contributed by atoms with Crippen LogP contribution in [0.4, 0.5) is 0 Å². The van der Waals surface area contributed by atoms with E-state index < -0.39 is 7.14 Å². The Hall–Kier alpha value is -0.0300. The van der Waals surface area contributed by atoms with E-state index in [2.05, 4.69) is 27.7 Å². The van der Waals surface area contributed by atoms with E-state index in [0.717, 1.165) is 6.16 Å². The van der Waals surface area contributed by atoms with E-state index in [-0.39, 0.29) is 0 Å². The summed E-state index contributed by atoms with van der Waals surface area (Å²) in [5.74, 6) is 2.94. The molecule has 0 aromatic heterocycles. The highest BCUT2D eigenvalue weighted by atomic mass is 31.2.